The summed E-state index contributed by atoms with van der Waals surface area (Å²) in [6.07, 6.45) is 12.1. The SMILES string of the molecule is CC(C)CC(=O)N1CCCCCCCCN(C(=O)c2noc3c2CCCCC3)Cc2ccccc21. The topological polar surface area (TPSA) is 66.7 Å². The highest BCUT2D eigenvalue weighted by atomic mass is 16.5. The first-order valence-electron chi connectivity index (χ1n) is 13.7. The number of aromatic nitrogens is 1. The number of amides is 2. The Morgan fingerprint density at radius 1 is 0.914 bits per heavy atom. The van der Waals surface area contributed by atoms with E-state index in [4.69, 9.17) is 4.52 Å². The van der Waals surface area contributed by atoms with Crippen molar-refractivity contribution < 1.29 is 14.1 Å². The summed E-state index contributed by atoms with van der Waals surface area (Å²) in [4.78, 5) is 31.0. The van der Waals surface area contributed by atoms with E-state index in [9.17, 15) is 9.59 Å². The van der Waals surface area contributed by atoms with Crippen molar-refractivity contribution in [1.29, 1.82) is 0 Å². The van der Waals surface area contributed by atoms with E-state index < -0.39 is 0 Å². The average Bonchev–Trinajstić information content (AvgIpc) is 3.10. The number of anilines is 1. The van der Waals surface area contributed by atoms with E-state index in [1.807, 2.05) is 28.0 Å². The van der Waals surface area contributed by atoms with Crippen LogP contribution in [0.2, 0.25) is 0 Å². The summed E-state index contributed by atoms with van der Waals surface area (Å²) in [5.41, 5.74) is 3.47. The smallest absolute Gasteiger partial charge is 0.276 e. The van der Waals surface area contributed by atoms with Gasteiger partial charge >= 0.3 is 0 Å². The lowest BCUT2D eigenvalue weighted by Crippen LogP contribution is -2.36. The van der Waals surface area contributed by atoms with Gasteiger partial charge in [0.15, 0.2) is 5.69 Å². The molecule has 35 heavy (non-hydrogen) atoms. The molecule has 4 rings (SSSR count). The van der Waals surface area contributed by atoms with Crippen LogP contribution in [0, 0.1) is 5.92 Å². The first-order chi connectivity index (χ1) is 17.0. The van der Waals surface area contributed by atoms with E-state index >= 15 is 0 Å². The lowest BCUT2D eigenvalue weighted by Gasteiger charge is -2.29. The van der Waals surface area contributed by atoms with Crippen LogP contribution < -0.4 is 4.90 Å². The van der Waals surface area contributed by atoms with Gasteiger partial charge in [-0.05, 0) is 49.7 Å². The van der Waals surface area contributed by atoms with Gasteiger partial charge in [-0.2, -0.15) is 0 Å². The minimum Gasteiger partial charge on any atom is -0.360 e. The number of carbonyl (C=O) groups excluding carboxylic acids is 2. The van der Waals surface area contributed by atoms with Crippen LogP contribution in [0.5, 0.6) is 0 Å². The van der Waals surface area contributed by atoms with Gasteiger partial charge in [0, 0.05) is 43.7 Å². The molecule has 6 nitrogen and oxygen atoms in total. The number of benzene rings is 1. The molecule has 0 spiro atoms. The van der Waals surface area contributed by atoms with Gasteiger partial charge in [-0.15, -0.1) is 0 Å². The molecule has 0 radical (unpaired) electrons. The first-order valence-corrected chi connectivity index (χ1v) is 13.7. The highest BCUT2D eigenvalue weighted by Gasteiger charge is 2.28. The van der Waals surface area contributed by atoms with Crippen LogP contribution in [-0.4, -0.2) is 35.0 Å². The zero-order chi connectivity index (χ0) is 24.6. The molecule has 1 aromatic carbocycles. The third-order valence-electron chi connectivity index (χ3n) is 7.28. The molecule has 0 bridgehead atoms. The minimum absolute atomic E-state index is 0.0402. The number of carbonyl (C=O) groups is 2. The monoisotopic (exact) mass is 479 g/mol. The van der Waals surface area contributed by atoms with Crippen molar-refractivity contribution in [3.63, 3.8) is 0 Å². The highest BCUT2D eigenvalue weighted by molar-refractivity contribution is 5.95. The van der Waals surface area contributed by atoms with E-state index in [1.54, 1.807) is 0 Å². The molecule has 2 amide bonds. The lowest BCUT2D eigenvalue weighted by atomic mass is 10.1. The summed E-state index contributed by atoms with van der Waals surface area (Å²) < 4.78 is 5.64. The van der Waals surface area contributed by atoms with Crippen LogP contribution in [0.1, 0.15) is 105 Å². The molecule has 2 aliphatic rings. The predicted molar refractivity (Wildman–Crippen MR) is 138 cm³/mol. The Hall–Kier alpha value is -2.63. The molecule has 0 N–H and O–H groups in total. The molecule has 1 aromatic heterocycles. The quantitative estimate of drug-likeness (QED) is 0.483. The van der Waals surface area contributed by atoms with Crippen molar-refractivity contribution in [2.45, 2.75) is 97.4 Å². The van der Waals surface area contributed by atoms with Crippen LogP contribution in [-0.2, 0) is 24.2 Å². The lowest BCUT2D eigenvalue weighted by molar-refractivity contribution is -0.119. The van der Waals surface area contributed by atoms with Crippen LogP contribution in [0.4, 0.5) is 5.69 Å². The Kier molecular flexibility index (Phi) is 9.00. The number of hydrogen-bond acceptors (Lipinski definition) is 4. The Morgan fingerprint density at radius 2 is 1.60 bits per heavy atom. The second kappa shape index (κ2) is 12.4. The molecule has 2 aromatic rings. The maximum Gasteiger partial charge on any atom is 0.276 e. The third kappa shape index (κ3) is 6.53. The zero-order valence-corrected chi connectivity index (χ0v) is 21.6. The maximum atomic E-state index is 13.8. The first kappa shape index (κ1) is 25.5. The number of nitrogens with zero attached hydrogens (tertiary/aromatic N) is 3. The molecule has 2 heterocycles. The molecule has 0 atom stereocenters. The predicted octanol–water partition coefficient (Wildman–Crippen LogP) is 6.32. The molecule has 1 aliphatic carbocycles. The molecule has 190 valence electrons. The number of fused-ring (bicyclic) bond motifs is 2. The van der Waals surface area contributed by atoms with E-state index in [2.05, 4.69) is 25.1 Å². The molecule has 0 fully saturated rings. The molecule has 0 saturated carbocycles. The van der Waals surface area contributed by atoms with Crippen LogP contribution in [0.3, 0.4) is 0 Å². The molecule has 0 unspecified atom stereocenters. The normalized spacial score (nSPS) is 18.0. The number of rotatable bonds is 3. The second-order valence-electron chi connectivity index (χ2n) is 10.6. The molecular weight excluding hydrogens is 438 g/mol. The van der Waals surface area contributed by atoms with Crippen molar-refractivity contribution in [3.05, 3.63) is 46.8 Å². The van der Waals surface area contributed by atoms with Gasteiger partial charge in [0.05, 0.1) is 0 Å². The van der Waals surface area contributed by atoms with Crippen molar-refractivity contribution in [2.75, 3.05) is 18.0 Å². The fourth-order valence-corrected chi connectivity index (χ4v) is 5.36. The Bertz CT molecular complexity index is 997. The fraction of sp³-hybridized carbons (Fsp3) is 0.621. The van der Waals surface area contributed by atoms with E-state index in [0.29, 0.717) is 31.1 Å². The summed E-state index contributed by atoms with van der Waals surface area (Å²) in [7, 11) is 0. The maximum absolute atomic E-state index is 13.8. The zero-order valence-electron chi connectivity index (χ0n) is 21.6. The number of para-hydroxylation sites is 1. The summed E-state index contributed by atoms with van der Waals surface area (Å²) in [6, 6.07) is 8.11. The summed E-state index contributed by atoms with van der Waals surface area (Å²) >= 11 is 0. The number of hydrogen-bond donors (Lipinski definition) is 0. The van der Waals surface area contributed by atoms with Gasteiger partial charge in [-0.25, -0.2) is 0 Å². The third-order valence-corrected chi connectivity index (χ3v) is 7.28. The fourth-order valence-electron chi connectivity index (χ4n) is 5.36. The Balaban J connectivity index is 1.65. The van der Waals surface area contributed by atoms with Gasteiger partial charge in [-0.3, -0.25) is 9.59 Å². The number of aryl methyl sites for hydroxylation is 1. The largest absolute Gasteiger partial charge is 0.360 e. The van der Waals surface area contributed by atoms with E-state index in [-0.39, 0.29) is 11.8 Å². The highest BCUT2D eigenvalue weighted by Crippen LogP contribution is 2.28. The van der Waals surface area contributed by atoms with E-state index in [1.165, 1.54) is 6.42 Å². The van der Waals surface area contributed by atoms with Gasteiger partial charge in [-0.1, -0.05) is 69.3 Å². The van der Waals surface area contributed by atoms with Crippen molar-refractivity contribution in [3.8, 4) is 0 Å². The summed E-state index contributed by atoms with van der Waals surface area (Å²) in [5.74, 6) is 1.32. The van der Waals surface area contributed by atoms with Crippen LogP contribution >= 0.6 is 0 Å². The molecule has 6 heteroatoms. The minimum atomic E-state index is -0.0402. The molecular formula is C29H41N3O3. The average molecular weight is 480 g/mol. The van der Waals surface area contributed by atoms with Gasteiger partial charge in [0.25, 0.3) is 5.91 Å². The molecule has 0 saturated heterocycles. The van der Waals surface area contributed by atoms with Crippen molar-refractivity contribution in [1.82, 2.24) is 10.1 Å². The van der Waals surface area contributed by atoms with Crippen LogP contribution in [0.25, 0.3) is 0 Å². The summed E-state index contributed by atoms with van der Waals surface area (Å²) in [6.45, 7) is 6.07. The van der Waals surface area contributed by atoms with Crippen LogP contribution in [0.15, 0.2) is 28.8 Å². The molecule has 1 aliphatic heterocycles. The Morgan fingerprint density at radius 3 is 2.40 bits per heavy atom. The Labute approximate surface area is 210 Å². The second-order valence-corrected chi connectivity index (χ2v) is 10.6. The van der Waals surface area contributed by atoms with Crippen molar-refractivity contribution in [2.24, 2.45) is 5.92 Å². The van der Waals surface area contributed by atoms with Gasteiger partial charge in [0.1, 0.15) is 5.76 Å². The standard InChI is InChI=1S/C29H41N3O3/c1-22(2)20-27(33)32-19-13-6-4-3-5-12-18-31(21-23-14-10-11-16-25(23)32)29(34)28-24-15-8-7-9-17-26(24)35-30-28/h10-11,14,16,22H,3-9,12-13,15,17-21H2,1-2H3. The van der Waals surface area contributed by atoms with Gasteiger partial charge < -0.3 is 14.3 Å². The van der Waals surface area contributed by atoms with Crippen molar-refractivity contribution >= 4 is 17.5 Å². The summed E-state index contributed by atoms with van der Waals surface area (Å²) in [5, 5.41) is 4.26. The van der Waals surface area contributed by atoms with E-state index in [0.717, 1.165) is 93.3 Å². The van der Waals surface area contributed by atoms with Gasteiger partial charge in [0.2, 0.25) is 5.91 Å².